The first-order valence-corrected chi connectivity index (χ1v) is 8.05. The van der Waals surface area contributed by atoms with E-state index in [0.717, 1.165) is 5.56 Å². The third-order valence-corrected chi connectivity index (χ3v) is 4.71. The number of likely N-dealkylation sites (N-methyl/N-ethyl adjacent to an activating group) is 1. The fourth-order valence-electron chi connectivity index (χ4n) is 3.22. The van der Waals surface area contributed by atoms with Crippen molar-refractivity contribution in [2.45, 2.75) is 49.3 Å². The van der Waals surface area contributed by atoms with Gasteiger partial charge in [0, 0.05) is 25.9 Å². The van der Waals surface area contributed by atoms with E-state index < -0.39 is 42.8 Å². The Morgan fingerprint density at radius 3 is 2.65 bits per heavy atom. The summed E-state index contributed by atoms with van der Waals surface area (Å²) in [6.07, 6.45) is -6.15. The molecule has 1 aromatic rings. The quantitative estimate of drug-likeness (QED) is 0.486. The van der Waals surface area contributed by atoms with E-state index in [1.807, 2.05) is 6.07 Å². The molecule has 2 aliphatic heterocycles. The van der Waals surface area contributed by atoms with Gasteiger partial charge in [0.25, 0.3) is 5.91 Å². The molecule has 7 atom stereocenters. The fraction of sp³-hybridized carbons (Fsp3) is 0.562. The summed E-state index contributed by atoms with van der Waals surface area (Å²) in [5, 5.41) is 38.6. The molecule has 10 heteroatoms. The molecule has 0 spiro atoms. The van der Waals surface area contributed by atoms with Crippen LogP contribution in [0.1, 0.15) is 18.0 Å². The first kappa shape index (κ1) is 18.7. The monoisotopic (exact) mass is 368 g/mol. The highest BCUT2D eigenvalue weighted by molar-refractivity contribution is 5.83. The predicted octanol–water partition coefficient (Wildman–Crippen LogP) is -1.74. The molecule has 0 bridgehead atoms. The topological polar surface area (TPSA) is 150 Å². The number of carbonyl (C=O) groups excluding carboxylic acids is 1. The zero-order valence-electron chi connectivity index (χ0n) is 13.9. The van der Waals surface area contributed by atoms with Crippen LogP contribution in [-0.2, 0) is 19.1 Å². The number of carboxylic acid groups (broad SMARTS) is 1. The van der Waals surface area contributed by atoms with Gasteiger partial charge in [-0.1, -0.05) is 6.07 Å². The van der Waals surface area contributed by atoms with E-state index in [-0.39, 0.29) is 18.4 Å². The number of hydrogen-bond acceptors (Lipinski definition) is 8. The van der Waals surface area contributed by atoms with Gasteiger partial charge in [-0.15, -0.1) is 0 Å². The van der Waals surface area contributed by atoms with Crippen LogP contribution in [0.25, 0.3) is 0 Å². The number of nitrogens with zero attached hydrogens (tertiary/aromatic N) is 2. The number of aliphatic carboxylic acids is 1. The molecule has 2 aliphatic rings. The summed E-state index contributed by atoms with van der Waals surface area (Å²) >= 11 is 0. The highest BCUT2D eigenvalue weighted by atomic mass is 16.7. The highest BCUT2D eigenvalue weighted by Crippen LogP contribution is 2.34. The smallest absolute Gasteiger partial charge is 0.335 e. The number of carbonyl (C=O) groups is 2. The van der Waals surface area contributed by atoms with Crippen molar-refractivity contribution in [3.63, 3.8) is 0 Å². The minimum absolute atomic E-state index is 0.240. The molecule has 26 heavy (non-hydrogen) atoms. The van der Waals surface area contributed by atoms with Gasteiger partial charge in [0.15, 0.2) is 12.4 Å². The van der Waals surface area contributed by atoms with Crippen LogP contribution in [0, 0.1) is 0 Å². The Labute approximate surface area is 148 Å². The van der Waals surface area contributed by atoms with E-state index in [4.69, 9.17) is 14.6 Å². The van der Waals surface area contributed by atoms with Crippen LogP contribution < -0.4 is 0 Å². The summed E-state index contributed by atoms with van der Waals surface area (Å²) in [4.78, 5) is 29.1. The number of aliphatic hydroxyl groups excluding tert-OH is 3. The lowest BCUT2D eigenvalue weighted by Gasteiger charge is -2.39. The second kappa shape index (κ2) is 7.25. The lowest BCUT2D eigenvalue weighted by atomic mass is 9.99. The predicted molar refractivity (Wildman–Crippen MR) is 83.6 cm³/mol. The molecular weight excluding hydrogens is 348 g/mol. The minimum atomic E-state index is -1.81. The SMILES string of the molecule is CN1C(=O)[C@H](O[C@H]2O[C@@H](C(=O)O)[C@H](O)[C@@H](O)[C@@H]2O)C[C@H]1c1cccnc1. The molecule has 0 unspecified atom stereocenters. The Bertz CT molecular complexity index is 671. The van der Waals surface area contributed by atoms with E-state index in [0.29, 0.717) is 0 Å². The zero-order chi connectivity index (χ0) is 19.0. The van der Waals surface area contributed by atoms with E-state index in [2.05, 4.69) is 4.98 Å². The van der Waals surface area contributed by atoms with Crippen molar-refractivity contribution in [2.75, 3.05) is 7.05 Å². The summed E-state index contributed by atoms with van der Waals surface area (Å²) < 4.78 is 10.5. The number of ether oxygens (including phenoxy) is 2. The standard InChI is InChI=1S/C16H20N2O8/c1-18-8(7-3-2-4-17-6-7)5-9(14(18)22)25-16-12(21)10(19)11(20)13(26-16)15(23)24/h2-4,6,8-13,16,19-21H,5H2,1H3,(H,23,24)/t8-,9+,10+,11+,12-,13+,16-/m0/s1. The Morgan fingerprint density at radius 2 is 2.04 bits per heavy atom. The maximum atomic E-state index is 12.4. The second-order valence-electron chi connectivity index (χ2n) is 6.35. The number of amides is 1. The van der Waals surface area contributed by atoms with Crippen molar-refractivity contribution in [3.8, 4) is 0 Å². The lowest BCUT2D eigenvalue weighted by molar-refractivity contribution is -0.301. The third-order valence-electron chi connectivity index (χ3n) is 4.71. The number of aliphatic hydroxyl groups is 3. The van der Waals surface area contributed by atoms with Crippen molar-refractivity contribution in [2.24, 2.45) is 0 Å². The summed E-state index contributed by atoms with van der Waals surface area (Å²) in [5.74, 6) is -1.89. The first-order chi connectivity index (χ1) is 12.3. The molecule has 1 amide bonds. The minimum Gasteiger partial charge on any atom is -0.479 e. The average Bonchev–Trinajstić information content (AvgIpc) is 2.91. The lowest BCUT2D eigenvalue weighted by Crippen LogP contribution is -2.61. The number of hydrogen-bond donors (Lipinski definition) is 4. The molecule has 142 valence electrons. The molecule has 3 rings (SSSR count). The Balaban J connectivity index is 1.73. The highest BCUT2D eigenvalue weighted by Gasteiger charge is 2.50. The molecule has 3 heterocycles. The largest absolute Gasteiger partial charge is 0.479 e. The van der Waals surface area contributed by atoms with Gasteiger partial charge in [-0.3, -0.25) is 9.78 Å². The van der Waals surface area contributed by atoms with Gasteiger partial charge < -0.3 is 34.8 Å². The van der Waals surface area contributed by atoms with Crippen LogP contribution >= 0.6 is 0 Å². The molecule has 1 aromatic heterocycles. The number of pyridine rings is 1. The maximum Gasteiger partial charge on any atom is 0.335 e. The van der Waals surface area contributed by atoms with Gasteiger partial charge in [0.1, 0.15) is 24.4 Å². The van der Waals surface area contributed by atoms with Gasteiger partial charge in [-0.25, -0.2) is 4.79 Å². The molecule has 10 nitrogen and oxygen atoms in total. The van der Waals surface area contributed by atoms with Gasteiger partial charge >= 0.3 is 5.97 Å². The molecule has 2 fully saturated rings. The summed E-state index contributed by atoms with van der Waals surface area (Å²) in [6.45, 7) is 0. The van der Waals surface area contributed by atoms with Crippen molar-refractivity contribution in [1.82, 2.24) is 9.88 Å². The van der Waals surface area contributed by atoms with Crippen LogP contribution in [0.15, 0.2) is 24.5 Å². The molecule has 0 radical (unpaired) electrons. The normalized spacial score (nSPS) is 37.8. The molecule has 0 aromatic carbocycles. The van der Waals surface area contributed by atoms with Gasteiger partial charge in [-0.2, -0.15) is 0 Å². The van der Waals surface area contributed by atoms with E-state index >= 15 is 0 Å². The Hall–Kier alpha value is -2.11. The van der Waals surface area contributed by atoms with E-state index in [1.54, 1.807) is 25.5 Å². The summed E-state index contributed by atoms with van der Waals surface area (Å²) in [5.41, 5.74) is 0.804. The van der Waals surface area contributed by atoms with Crippen LogP contribution in [0.2, 0.25) is 0 Å². The van der Waals surface area contributed by atoms with Gasteiger partial charge in [0.2, 0.25) is 0 Å². The first-order valence-electron chi connectivity index (χ1n) is 8.05. The molecule has 0 aliphatic carbocycles. The molecule has 0 saturated carbocycles. The van der Waals surface area contributed by atoms with Crippen LogP contribution in [-0.4, -0.2) is 86.0 Å². The third kappa shape index (κ3) is 3.29. The van der Waals surface area contributed by atoms with Crippen molar-refractivity contribution in [3.05, 3.63) is 30.1 Å². The van der Waals surface area contributed by atoms with Crippen molar-refractivity contribution >= 4 is 11.9 Å². The van der Waals surface area contributed by atoms with Crippen LogP contribution in [0.3, 0.4) is 0 Å². The summed E-state index contributed by atoms with van der Waals surface area (Å²) in [6, 6.07) is 3.26. The number of aromatic nitrogens is 1. The number of rotatable bonds is 4. The second-order valence-corrected chi connectivity index (χ2v) is 6.35. The fourth-order valence-corrected chi connectivity index (χ4v) is 3.22. The molecule has 4 N–H and O–H groups in total. The number of likely N-dealkylation sites (tertiary alicyclic amines) is 1. The average molecular weight is 368 g/mol. The Morgan fingerprint density at radius 1 is 1.31 bits per heavy atom. The Kier molecular flexibility index (Phi) is 5.21. The molecule has 2 saturated heterocycles. The van der Waals surface area contributed by atoms with Gasteiger partial charge in [-0.05, 0) is 11.6 Å². The van der Waals surface area contributed by atoms with Crippen LogP contribution in [0.4, 0.5) is 0 Å². The van der Waals surface area contributed by atoms with Crippen molar-refractivity contribution < 1.29 is 39.5 Å². The maximum absolute atomic E-state index is 12.4. The van der Waals surface area contributed by atoms with Crippen LogP contribution in [0.5, 0.6) is 0 Å². The molecular formula is C16H20N2O8. The van der Waals surface area contributed by atoms with Crippen molar-refractivity contribution in [1.29, 1.82) is 0 Å². The van der Waals surface area contributed by atoms with E-state index in [1.165, 1.54) is 4.90 Å². The number of carboxylic acids is 1. The van der Waals surface area contributed by atoms with Gasteiger partial charge in [0.05, 0.1) is 6.04 Å². The zero-order valence-corrected chi connectivity index (χ0v) is 13.9. The van der Waals surface area contributed by atoms with E-state index in [9.17, 15) is 24.9 Å². The summed E-state index contributed by atoms with van der Waals surface area (Å²) in [7, 11) is 1.60.